The van der Waals surface area contributed by atoms with Crippen LogP contribution in [0.2, 0.25) is 0 Å². The number of aromatic nitrogens is 1. The van der Waals surface area contributed by atoms with E-state index in [1.807, 2.05) is 0 Å². The number of piperazine rings is 1. The van der Waals surface area contributed by atoms with Gasteiger partial charge in [0.2, 0.25) is 0 Å². The van der Waals surface area contributed by atoms with Crippen molar-refractivity contribution in [2.75, 3.05) is 31.1 Å². The van der Waals surface area contributed by atoms with Crippen LogP contribution in [0.15, 0.2) is 91.0 Å². The summed E-state index contributed by atoms with van der Waals surface area (Å²) >= 11 is 0. The second-order valence-electron chi connectivity index (χ2n) is 8.05. The molecule has 0 radical (unpaired) electrons. The third-order valence-electron chi connectivity index (χ3n) is 6.07. The molecule has 0 spiro atoms. The summed E-state index contributed by atoms with van der Waals surface area (Å²) in [6.07, 6.45) is 0. The highest BCUT2D eigenvalue weighted by molar-refractivity contribution is 5.92. The monoisotopic (exact) mass is 393 g/mol. The van der Waals surface area contributed by atoms with Gasteiger partial charge in [0.15, 0.2) is 0 Å². The van der Waals surface area contributed by atoms with Crippen molar-refractivity contribution in [1.29, 1.82) is 0 Å². The predicted molar refractivity (Wildman–Crippen MR) is 125 cm³/mol. The van der Waals surface area contributed by atoms with E-state index in [1.165, 1.54) is 22.2 Å². The van der Waals surface area contributed by atoms with E-state index in [0.717, 1.165) is 37.4 Å². The van der Waals surface area contributed by atoms with Gasteiger partial charge in [-0.3, -0.25) is 9.88 Å². The van der Waals surface area contributed by atoms with Gasteiger partial charge in [-0.1, -0.05) is 78.9 Å². The second kappa shape index (κ2) is 8.29. The van der Waals surface area contributed by atoms with Crippen LogP contribution < -0.4 is 4.90 Å². The predicted octanol–water partition coefficient (Wildman–Crippen LogP) is 5.45. The number of hydrogen-bond acceptors (Lipinski definition) is 3. The van der Waals surface area contributed by atoms with Gasteiger partial charge in [-0.25, -0.2) is 0 Å². The molecule has 150 valence electrons. The van der Waals surface area contributed by atoms with E-state index >= 15 is 0 Å². The third kappa shape index (κ3) is 3.69. The molecule has 0 atom stereocenters. The molecule has 0 aliphatic carbocycles. The van der Waals surface area contributed by atoms with Crippen molar-refractivity contribution in [2.24, 2.45) is 0 Å². The number of benzene rings is 3. The van der Waals surface area contributed by atoms with Crippen LogP contribution in [-0.2, 0) is 0 Å². The van der Waals surface area contributed by atoms with Crippen LogP contribution in [0.4, 0.5) is 5.69 Å². The first kappa shape index (κ1) is 18.8. The summed E-state index contributed by atoms with van der Waals surface area (Å²) in [6, 6.07) is 32.8. The lowest BCUT2D eigenvalue weighted by Crippen LogP contribution is -2.48. The summed E-state index contributed by atoms with van der Waals surface area (Å²) in [6.45, 7) is 6.19. The molecule has 0 bridgehead atoms. The number of anilines is 1. The molecule has 0 amide bonds. The maximum atomic E-state index is 4.72. The van der Waals surface area contributed by atoms with Crippen LogP contribution in [0.3, 0.4) is 0 Å². The van der Waals surface area contributed by atoms with E-state index in [2.05, 4.69) is 108 Å². The van der Waals surface area contributed by atoms with Gasteiger partial charge in [-0.2, -0.15) is 0 Å². The summed E-state index contributed by atoms with van der Waals surface area (Å²) in [4.78, 5) is 9.87. The highest BCUT2D eigenvalue weighted by Crippen LogP contribution is 2.32. The Hall–Kier alpha value is -3.17. The molecule has 2 heterocycles. The normalized spacial score (nSPS) is 15.1. The first-order valence-electron chi connectivity index (χ1n) is 10.7. The Kier molecular flexibility index (Phi) is 5.20. The molecule has 1 aromatic heterocycles. The van der Waals surface area contributed by atoms with Gasteiger partial charge in [-0.05, 0) is 30.2 Å². The minimum Gasteiger partial charge on any atom is -0.368 e. The fraction of sp³-hybridized carbons (Fsp3) is 0.222. The number of pyridine rings is 1. The van der Waals surface area contributed by atoms with Crippen LogP contribution in [-0.4, -0.2) is 36.1 Å². The maximum absolute atomic E-state index is 4.72. The Morgan fingerprint density at radius 1 is 0.700 bits per heavy atom. The van der Waals surface area contributed by atoms with Crippen molar-refractivity contribution in [3.05, 3.63) is 108 Å². The van der Waals surface area contributed by atoms with Gasteiger partial charge >= 0.3 is 0 Å². The number of fused-ring (bicyclic) bond motifs is 1. The summed E-state index contributed by atoms with van der Waals surface area (Å²) in [7, 11) is 0. The van der Waals surface area contributed by atoms with Crippen LogP contribution in [0, 0.1) is 6.92 Å². The molecule has 0 N–H and O–H groups in total. The van der Waals surface area contributed by atoms with Gasteiger partial charge in [0.25, 0.3) is 0 Å². The largest absolute Gasteiger partial charge is 0.368 e. The molecule has 4 aromatic rings. The average Bonchev–Trinajstić information content (AvgIpc) is 2.81. The second-order valence-corrected chi connectivity index (χ2v) is 8.05. The summed E-state index contributed by atoms with van der Waals surface area (Å²) < 4.78 is 0. The smallest absolute Gasteiger partial charge is 0.0726 e. The molecule has 1 saturated heterocycles. The van der Waals surface area contributed by atoms with Gasteiger partial charge in [-0.15, -0.1) is 0 Å². The first-order chi connectivity index (χ1) is 14.8. The molecule has 5 rings (SSSR count). The van der Waals surface area contributed by atoms with E-state index in [-0.39, 0.29) is 0 Å². The van der Waals surface area contributed by atoms with Crippen LogP contribution in [0.1, 0.15) is 22.9 Å². The van der Waals surface area contributed by atoms with E-state index < -0.39 is 0 Å². The number of para-hydroxylation sites is 1. The summed E-state index contributed by atoms with van der Waals surface area (Å²) in [5.74, 6) is 0. The lowest BCUT2D eigenvalue weighted by atomic mass is 9.96. The lowest BCUT2D eigenvalue weighted by molar-refractivity contribution is 0.212. The zero-order chi connectivity index (χ0) is 20.3. The molecular formula is C27H27N3. The van der Waals surface area contributed by atoms with Crippen molar-refractivity contribution in [3.8, 4) is 0 Å². The van der Waals surface area contributed by atoms with Crippen LogP contribution >= 0.6 is 0 Å². The maximum Gasteiger partial charge on any atom is 0.0726 e. The molecule has 3 heteroatoms. The van der Waals surface area contributed by atoms with E-state index in [0.29, 0.717) is 6.04 Å². The summed E-state index contributed by atoms with van der Waals surface area (Å²) in [5, 5.41) is 1.25. The van der Waals surface area contributed by atoms with Gasteiger partial charge in [0, 0.05) is 42.9 Å². The minimum absolute atomic E-state index is 0.297. The number of nitrogens with zero attached hydrogens (tertiary/aromatic N) is 3. The number of aryl methyl sites for hydroxylation is 1. The van der Waals surface area contributed by atoms with Gasteiger partial charge in [0.1, 0.15) is 0 Å². The Bertz CT molecular complexity index is 1080. The summed E-state index contributed by atoms with van der Waals surface area (Å²) in [5.41, 5.74) is 6.21. The van der Waals surface area contributed by atoms with Gasteiger partial charge in [0.05, 0.1) is 11.6 Å². The molecule has 3 nitrogen and oxygen atoms in total. The van der Waals surface area contributed by atoms with Gasteiger partial charge < -0.3 is 4.90 Å². The number of rotatable bonds is 4. The fourth-order valence-electron chi connectivity index (χ4n) is 4.65. The Labute approximate surface area is 178 Å². The Morgan fingerprint density at radius 2 is 1.27 bits per heavy atom. The van der Waals surface area contributed by atoms with E-state index in [1.54, 1.807) is 0 Å². The molecule has 0 saturated carbocycles. The molecule has 3 aromatic carbocycles. The molecule has 0 unspecified atom stereocenters. The van der Waals surface area contributed by atoms with Crippen LogP contribution in [0.5, 0.6) is 0 Å². The van der Waals surface area contributed by atoms with E-state index in [9.17, 15) is 0 Å². The van der Waals surface area contributed by atoms with Crippen LogP contribution in [0.25, 0.3) is 10.9 Å². The molecule has 1 fully saturated rings. The van der Waals surface area contributed by atoms with Crippen molar-refractivity contribution >= 4 is 16.6 Å². The lowest BCUT2D eigenvalue weighted by Gasteiger charge is -2.41. The van der Waals surface area contributed by atoms with Crippen molar-refractivity contribution < 1.29 is 0 Å². The van der Waals surface area contributed by atoms with E-state index in [4.69, 9.17) is 4.98 Å². The Morgan fingerprint density at radius 3 is 1.90 bits per heavy atom. The molecule has 1 aliphatic rings. The Balaban J connectivity index is 1.42. The first-order valence-corrected chi connectivity index (χ1v) is 10.7. The zero-order valence-corrected chi connectivity index (χ0v) is 17.4. The topological polar surface area (TPSA) is 19.4 Å². The van der Waals surface area contributed by atoms with Crippen molar-refractivity contribution in [3.63, 3.8) is 0 Å². The van der Waals surface area contributed by atoms with Crippen molar-refractivity contribution in [2.45, 2.75) is 13.0 Å². The zero-order valence-electron chi connectivity index (χ0n) is 17.4. The highest BCUT2D eigenvalue weighted by atomic mass is 15.3. The molecule has 30 heavy (non-hydrogen) atoms. The fourth-order valence-corrected chi connectivity index (χ4v) is 4.65. The molecule has 1 aliphatic heterocycles. The van der Waals surface area contributed by atoms with Crippen molar-refractivity contribution in [1.82, 2.24) is 9.88 Å². The highest BCUT2D eigenvalue weighted by Gasteiger charge is 2.27. The quantitative estimate of drug-likeness (QED) is 0.459. The standard InChI is InChI=1S/C27H27N3/c1-21-20-26(24-14-8-9-15-25(24)28-21)29-16-18-30(19-17-29)27(22-10-4-2-5-11-22)23-12-6-3-7-13-23/h2-15,20,27H,16-19H2,1H3. The minimum atomic E-state index is 0.297. The number of hydrogen-bond donors (Lipinski definition) is 0. The molecular weight excluding hydrogens is 366 g/mol. The SMILES string of the molecule is Cc1cc(N2CCN(C(c3ccccc3)c3ccccc3)CC2)c2ccccc2n1. The average molecular weight is 394 g/mol. The third-order valence-corrected chi connectivity index (χ3v) is 6.07.